The van der Waals surface area contributed by atoms with Crippen LogP contribution in [-0.2, 0) is 20.9 Å². The minimum Gasteiger partial charge on any atom is -0.479 e. The number of carboxylic acids is 1. The van der Waals surface area contributed by atoms with Crippen molar-refractivity contribution in [2.45, 2.75) is 31.6 Å². The molecule has 20 heavy (non-hydrogen) atoms. The van der Waals surface area contributed by atoms with E-state index in [4.69, 9.17) is 9.84 Å². The predicted molar refractivity (Wildman–Crippen MR) is 71.5 cm³/mol. The van der Waals surface area contributed by atoms with Gasteiger partial charge in [0.05, 0.1) is 4.47 Å². The second-order valence-electron chi connectivity index (χ2n) is 4.50. The third-order valence-electron chi connectivity index (χ3n) is 3.04. The van der Waals surface area contributed by atoms with E-state index in [1.807, 2.05) is 0 Å². The molecule has 5 nitrogen and oxygen atoms in total. The van der Waals surface area contributed by atoms with Gasteiger partial charge in [-0.15, -0.1) is 0 Å². The summed E-state index contributed by atoms with van der Waals surface area (Å²) in [5.41, 5.74) is 0.617. The molecule has 0 saturated carbocycles. The van der Waals surface area contributed by atoms with Crippen LogP contribution >= 0.6 is 15.9 Å². The molecule has 0 spiro atoms. The van der Waals surface area contributed by atoms with Crippen LogP contribution in [0.1, 0.15) is 18.4 Å². The summed E-state index contributed by atoms with van der Waals surface area (Å²) in [5, 5.41) is 11.4. The Bertz CT molecular complexity index is 537. The van der Waals surface area contributed by atoms with Crippen LogP contribution in [0.3, 0.4) is 0 Å². The molecule has 1 aliphatic heterocycles. The predicted octanol–water partition coefficient (Wildman–Crippen LogP) is 1.84. The molecule has 0 unspecified atom stereocenters. The monoisotopic (exact) mass is 345 g/mol. The SMILES string of the molecule is O=C(NCc1ccc(Br)c(F)c1)[C@@H]1CC[C@H](C(=O)O)O1. The lowest BCUT2D eigenvalue weighted by molar-refractivity contribution is -0.151. The third-order valence-corrected chi connectivity index (χ3v) is 3.68. The van der Waals surface area contributed by atoms with E-state index in [-0.39, 0.29) is 12.5 Å². The van der Waals surface area contributed by atoms with Crippen molar-refractivity contribution in [3.63, 3.8) is 0 Å². The van der Waals surface area contributed by atoms with E-state index >= 15 is 0 Å². The van der Waals surface area contributed by atoms with E-state index in [0.29, 0.717) is 22.9 Å². The second kappa shape index (κ2) is 6.32. The molecule has 0 aliphatic carbocycles. The molecule has 2 rings (SSSR count). The summed E-state index contributed by atoms with van der Waals surface area (Å²) in [6.45, 7) is 0.167. The van der Waals surface area contributed by atoms with Gasteiger partial charge in [0.1, 0.15) is 11.9 Å². The van der Waals surface area contributed by atoms with Crippen molar-refractivity contribution in [2.24, 2.45) is 0 Å². The zero-order valence-corrected chi connectivity index (χ0v) is 12.0. The summed E-state index contributed by atoms with van der Waals surface area (Å²) < 4.78 is 18.8. The Kier molecular flexibility index (Phi) is 4.72. The zero-order chi connectivity index (χ0) is 14.7. The number of nitrogens with one attached hydrogen (secondary N) is 1. The van der Waals surface area contributed by atoms with Gasteiger partial charge in [-0.2, -0.15) is 0 Å². The fourth-order valence-corrected chi connectivity index (χ4v) is 2.21. The van der Waals surface area contributed by atoms with Crippen LogP contribution in [0.2, 0.25) is 0 Å². The molecule has 1 aromatic carbocycles. The standard InChI is InChI=1S/C13H13BrFNO4/c14-8-2-1-7(5-9(8)15)6-16-12(17)10-3-4-11(20-10)13(18)19/h1-2,5,10-11H,3-4,6H2,(H,16,17)(H,18,19)/t10-,11+/m0/s1. The molecule has 2 atom stereocenters. The largest absolute Gasteiger partial charge is 0.479 e. The summed E-state index contributed by atoms with van der Waals surface area (Å²) in [4.78, 5) is 22.5. The fraction of sp³-hybridized carbons (Fsp3) is 0.385. The van der Waals surface area contributed by atoms with Crippen molar-refractivity contribution in [3.05, 3.63) is 34.1 Å². The molecule has 1 heterocycles. The maximum absolute atomic E-state index is 13.3. The number of aliphatic carboxylic acids is 1. The molecule has 1 amide bonds. The number of carbonyl (C=O) groups is 2. The molecular weight excluding hydrogens is 333 g/mol. The number of amides is 1. The van der Waals surface area contributed by atoms with E-state index in [1.54, 1.807) is 12.1 Å². The molecule has 0 aromatic heterocycles. The van der Waals surface area contributed by atoms with E-state index in [0.717, 1.165) is 0 Å². The van der Waals surface area contributed by atoms with Gasteiger partial charge in [-0.1, -0.05) is 6.07 Å². The molecular formula is C13H13BrFNO4. The summed E-state index contributed by atoms with van der Waals surface area (Å²) in [6.07, 6.45) is -0.982. The quantitative estimate of drug-likeness (QED) is 0.872. The summed E-state index contributed by atoms with van der Waals surface area (Å²) in [7, 11) is 0. The minimum atomic E-state index is -1.06. The van der Waals surface area contributed by atoms with Crippen molar-refractivity contribution < 1.29 is 23.8 Å². The molecule has 0 bridgehead atoms. The maximum Gasteiger partial charge on any atom is 0.332 e. The Hall–Kier alpha value is -1.47. The lowest BCUT2D eigenvalue weighted by atomic mass is 10.2. The molecule has 1 aromatic rings. The van der Waals surface area contributed by atoms with Gasteiger partial charge in [0.2, 0.25) is 5.91 Å². The van der Waals surface area contributed by atoms with Crippen molar-refractivity contribution >= 4 is 27.8 Å². The smallest absolute Gasteiger partial charge is 0.332 e. The Morgan fingerprint density at radius 1 is 1.40 bits per heavy atom. The molecule has 1 fully saturated rings. The van der Waals surface area contributed by atoms with E-state index in [9.17, 15) is 14.0 Å². The summed E-state index contributed by atoms with van der Waals surface area (Å²) in [5.74, 6) is -1.84. The first-order valence-electron chi connectivity index (χ1n) is 6.07. The van der Waals surface area contributed by atoms with E-state index in [1.165, 1.54) is 6.07 Å². The Morgan fingerprint density at radius 2 is 2.10 bits per heavy atom. The molecule has 7 heteroatoms. The highest BCUT2D eigenvalue weighted by Crippen LogP contribution is 2.20. The summed E-state index contributed by atoms with van der Waals surface area (Å²) in [6, 6.07) is 4.56. The van der Waals surface area contributed by atoms with Crippen molar-refractivity contribution in [2.75, 3.05) is 0 Å². The van der Waals surface area contributed by atoms with Crippen molar-refractivity contribution in [1.29, 1.82) is 0 Å². The van der Waals surface area contributed by atoms with E-state index < -0.39 is 24.0 Å². The highest BCUT2D eigenvalue weighted by atomic mass is 79.9. The molecule has 2 N–H and O–H groups in total. The molecule has 0 radical (unpaired) electrons. The van der Waals surface area contributed by atoms with Gasteiger partial charge in [0.25, 0.3) is 0 Å². The normalized spacial score (nSPS) is 21.7. The van der Waals surface area contributed by atoms with Crippen LogP contribution in [0.15, 0.2) is 22.7 Å². The lowest BCUT2D eigenvalue weighted by Gasteiger charge is -2.12. The highest BCUT2D eigenvalue weighted by Gasteiger charge is 2.34. The van der Waals surface area contributed by atoms with Gasteiger partial charge < -0.3 is 15.2 Å². The average Bonchev–Trinajstić information content (AvgIpc) is 2.89. The Labute approximate surface area is 123 Å². The molecule has 1 saturated heterocycles. The van der Waals surface area contributed by atoms with E-state index in [2.05, 4.69) is 21.2 Å². The van der Waals surface area contributed by atoms with Crippen LogP contribution in [-0.4, -0.2) is 29.2 Å². The number of carbonyl (C=O) groups excluding carboxylic acids is 1. The fourth-order valence-electron chi connectivity index (χ4n) is 1.96. The number of halogens is 2. The van der Waals surface area contributed by atoms with Gasteiger partial charge in [0.15, 0.2) is 6.10 Å². The number of hydrogen-bond donors (Lipinski definition) is 2. The maximum atomic E-state index is 13.3. The van der Waals surface area contributed by atoms with Gasteiger partial charge in [-0.25, -0.2) is 9.18 Å². The lowest BCUT2D eigenvalue weighted by Crippen LogP contribution is -2.35. The van der Waals surface area contributed by atoms with Crippen LogP contribution in [0.4, 0.5) is 4.39 Å². The first kappa shape index (κ1) is 14.9. The van der Waals surface area contributed by atoms with Crippen LogP contribution < -0.4 is 5.32 Å². The Morgan fingerprint density at radius 3 is 2.70 bits per heavy atom. The number of ether oxygens (including phenoxy) is 1. The van der Waals surface area contributed by atoms with Gasteiger partial charge in [0, 0.05) is 6.54 Å². The van der Waals surface area contributed by atoms with Gasteiger partial charge in [-0.05, 0) is 46.5 Å². The van der Waals surface area contributed by atoms with Crippen LogP contribution in [0.25, 0.3) is 0 Å². The second-order valence-corrected chi connectivity index (χ2v) is 5.35. The Balaban J connectivity index is 1.86. The van der Waals surface area contributed by atoms with Gasteiger partial charge in [-0.3, -0.25) is 4.79 Å². The third kappa shape index (κ3) is 3.55. The van der Waals surface area contributed by atoms with Gasteiger partial charge >= 0.3 is 5.97 Å². The first-order chi connectivity index (χ1) is 9.47. The average molecular weight is 346 g/mol. The topological polar surface area (TPSA) is 75.6 Å². The molecule has 1 aliphatic rings. The number of hydrogen-bond acceptors (Lipinski definition) is 3. The summed E-state index contributed by atoms with van der Waals surface area (Å²) >= 11 is 3.05. The molecule has 108 valence electrons. The first-order valence-corrected chi connectivity index (χ1v) is 6.86. The minimum absolute atomic E-state index is 0.167. The number of benzene rings is 1. The van der Waals surface area contributed by atoms with Crippen molar-refractivity contribution in [3.8, 4) is 0 Å². The van der Waals surface area contributed by atoms with Crippen molar-refractivity contribution in [1.82, 2.24) is 5.32 Å². The highest BCUT2D eigenvalue weighted by molar-refractivity contribution is 9.10. The zero-order valence-electron chi connectivity index (χ0n) is 10.4. The van der Waals surface area contributed by atoms with Crippen LogP contribution in [0, 0.1) is 5.82 Å². The van der Waals surface area contributed by atoms with Crippen LogP contribution in [0.5, 0.6) is 0 Å². The number of carboxylic acid groups (broad SMARTS) is 1. The number of rotatable bonds is 4.